The monoisotopic (exact) mass is 373 g/mol. The molecule has 1 aromatic heterocycles. The summed E-state index contributed by atoms with van der Waals surface area (Å²) in [4.78, 5) is 13.3. The van der Waals surface area contributed by atoms with Crippen LogP contribution in [0.5, 0.6) is 0 Å². The van der Waals surface area contributed by atoms with E-state index in [1.807, 2.05) is 0 Å². The summed E-state index contributed by atoms with van der Waals surface area (Å²) in [5, 5.41) is 0. The van der Waals surface area contributed by atoms with Gasteiger partial charge in [0.05, 0.1) is 9.49 Å². The predicted molar refractivity (Wildman–Crippen MR) is 85.6 cm³/mol. The van der Waals surface area contributed by atoms with E-state index in [0.29, 0.717) is 15.8 Å². The molecule has 104 valence electrons. The number of hydrogen-bond acceptors (Lipinski definition) is 5. The maximum absolute atomic E-state index is 5.99. The van der Waals surface area contributed by atoms with E-state index >= 15 is 0 Å². The Morgan fingerprint density at radius 1 is 1.42 bits per heavy atom. The first-order chi connectivity index (χ1) is 9.06. The van der Waals surface area contributed by atoms with E-state index in [1.165, 1.54) is 19.4 Å². The van der Waals surface area contributed by atoms with Crippen molar-refractivity contribution < 1.29 is 0 Å². The van der Waals surface area contributed by atoms with Crippen molar-refractivity contribution in [1.82, 2.24) is 14.9 Å². The van der Waals surface area contributed by atoms with Crippen molar-refractivity contribution in [2.45, 2.75) is 22.8 Å². The second-order valence-corrected chi connectivity index (χ2v) is 7.37. The van der Waals surface area contributed by atoms with Gasteiger partial charge in [0.15, 0.2) is 0 Å². The minimum atomic E-state index is 0.418. The Kier molecular flexibility index (Phi) is 3.55. The molecule has 1 fully saturated rings. The highest BCUT2D eigenvalue weighted by atomic mass is 127. The first-order valence-electron chi connectivity index (χ1n) is 6.72. The van der Waals surface area contributed by atoms with Crippen LogP contribution in [-0.2, 0) is 0 Å². The van der Waals surface area contributed by atoms with E-state index < -0.39 is 0 Å². The lowest BCUT2D eigenvalue weighted by Crippen LogP contribution is -2.47. The molecule has 1 aliphatic heterocycles. The van der Waals surface area contributed by atoms with Crippen LogP contribution in [0.1, 0.15) is 22.3 Å². The minimum Gasteiger partial charge on any atom is -0.383 e. The topological polar surface area (TPSA) is 58.3 Å². The Morgan fingerprint density at radius 3 is 2.84 bits per heavy atom. The van der Waals surface area contributed by atoms with Gasteiger partial charge in [-0.15, -0.1) is 0 Å². The van der Waals surface area contributed by atoms with E-state index in [1.54, 1.807) is 6.33 Å². The van der Waals surface area contributed by atoms with Crippen molar-refractivity contribution in [1.29, 1.82) is 0 Å². The zero-order chi connectivity index (χ0) is 13.6. The van der Waals surface area contributed by atoms with Crippen LogP contribution in [0.15, 0.2) is 6.33 Å². The number of aromatic nitrogens is 2. The maximum atomic E-state index is 5.99. The fourth-order valence-electron chi connectivity index (χ4n) is 3.22. The second kappa shape index (κ2) is 5.05. The molecule has 3 rings (SSSR count). The van der Waals surface area contributed by atoms with E-state index in [9.17, 15) is 0 Å². The third kappa shape index (κ3) is 2.40. The molecule has 2 N–H and O–H groups in total. The highest BCUT2D eigenvalue weighted by Crippen LogP contribution is 2.45. The number of fused-ring (bicyclic) bond motifs is 1. The highest BCUT2D eigenvalue weighted by molar-refractivity contribution is 14.1. The summed E-state index contributed by atoms with van der Waals surface area (Å²) in [5.74, 6) is 2.55. The van der Waals surface area contributed by atoms with Crippen LogP contribution in [0.4, 0.5) is 11.6 Å². The van der Waals surface area contributed by atoms with Gasteiger partial charge in [-0.1, -0.05) is 22.6 Å². The lowest BCUT2D eigenvalue weighted by atomic mass is 9.79. The molecular formula is C13H20IN5. The van der Waals surface area contributed by atoms with Gasteiger partial charge in [0.25, 0.3) is 0 Å². The molecule has 2 aliphatic rings. The molecule has 2 heterocycles. The molecule has 0 aromatic carbocycles. The lowest BCUT2D eigenvalue weighted by Gasteiger charge is -2.43. The van der Waals surface area contributed by atoms with E-state index in [2.05, 4.69) is 56.5 Å². The van der Waals surface area contributed by atoms with Crippen LogP contribution in [0.3, 0.4) is 0 Å². The van der Waals surface area contributed by atoms with E-state index in [0.717, 1.165) is 23.8 Å². The first kappa shape index (κ1) is 13.4. The Bertz CT molecular complexity index is 472. The number of rotatable bonds is 3. The van der Waals surface area contributed by atoms with Crippen LogP contribution >= 0.6 is 22.6 Å². The summed E-state index contributed by atoms with van der Waals surface area (Å²) in [6.45, 7) is 2.22. The number of hydrogen-bond donors (Lipinski definition) is 1. The fraction of sp³-hybridized carbons (Fsp3) is 0.692. The summed E-state index contributed by atoms with van der Waals surface area (Å²) < 4.78 is 0.418. The summed E-state index contributed by atoms with van der Waals surface area (Å²) in [7, 11) is 4.29. The molecule has 1 saturated carbocycles. The van der Waals surface area contributed by atoms with Crippen LogP contribution < -0.4 is 10.6 Å². The van der Waals surface area contributed by atoms with Crippen molar-refractivity contribution in [3.63, 3.8) is 0 Å². The van der Waals surface area contributed by atoms with Gasteiger partial charge in [-0.05, 0) is 32.9 Å². The van der Waals surface area contributed by atoms with Gasteiger partial charge in [-0.3, -0.25) is 0 Å². The van der Waals surface area contributed by atoms with Crippen LogP contribution in [0.25, 0.3) is 0 Å². The van der Waals surface area contributed by atoms with Gasteiger partial charge in [0.1, 0.15) is 18.0 Å². The number of anilines is 2. The van der Waals surface area contributed by atoms with E-state index in [-0.39, 0.29) is 0 Å². The number of halogens is 1. The number of nitrogens with two attached hydrogens (primary N) is 1. The molecule has 1 unspecified atom stereocenters. The van der Waals surface area contributed by atoms with Gasteiger partial charge in [-0.25, -0.2) is 9.97 Å². The van der Waals surface area contributed by atoms with Crippen LogP contribution in [0.2, 0.25) is 0 Å². The number of nitrogen functional groups attached to an aromatic ring is 1. The van der Waals surface area contributed by atoms with Gasteiger partial charge in [0.2, 0.25) is 0 Å². The molecule has 0 amide bonds. The second-order valence-electron chi connectivity index (χ2n) is 5.87. The third-order valence-electron chi connectivity index (χ3n) is 4.11. The van der Waals surface area contributed by atoms with Crippen molar-refractivity contribution in [2.75, 3.05) is 37.8 Å². The van der Waals surface area contributed by atoms with Crippen molar-refractivity contribution in [3.8, 4) is 0 Å². The lowest BCUT2D eigenvalue weighted by molar-refractivity contribution is 0.195. The van der Waals surface area contributed by atoms with Gasteiger partial charge >= 0.3 is 0 Å². The molecule has 0 bridgehead atoms. The van der Waals surface area contributed by atoms with E-state index in [4.69, 9.17) is 5.73 Å². The largest absolute Gasteiger partial charge is 0.383 e. The molecule has 5 nitrogen and oxygen atoms in total. The van der Waals surface area contributed by atoms with Crippen molar-refractivity contribution >= 4 is 34.2 Å². The SMILES string of the molecule is CN(C)CC1CC(N2CC(I)c3c(N)ncnc32)C1. The smallest absolute Gasteiger partial charge is 0.138 e. The third-order valence-corrected chi connectivity index (χ3v) is 5.13. The molecule has 0 radical (unpaired) electrons. The molecule has 0 saturated heterocycles. The fourth-order valence-corrected chi connectivity index (χ4v) is 4.24. The maximum Gasteiger partial charge on any atom is 0.138 e. The molecule has 6 heteroatoms. The van der Waals surface area contributed by atoms with Crippen LogP contribution in [0, 0.1) is 5.92 Å². The minimum absolute atomic E-state index is 0.418. The first-order valence-corrected chi connectivity index (χ1v) is 7.96. The standard InChI is InChI=1S/C13H20IN5/c1-18(2)5-8-3-9(4-8)19-6-10(14)11-12(15)16-7-17-13(11)19/h7-10H,3-6H2,1-2H3,(H2,15,16,17). The molecule has 0 spiro atoms. The zero-order valence-corrected chi connectivity index (χ0v) is 13.5. The Morgan fingerprint density at radius 2 is 2.16 bits per heavy atom. The molecule has 19 heavy (non-hydrogen) atoms. The van der Waals surface area contributed by atoms with Gasteiger partial charge < -0.3 is 15.5 Å². The Hall–Kier alpha value is -0.630. The number of nitrogens with zero attached hydrogens (tertiary/aromatic N) is 4. The van der Waals surface area contributed by atoms with Gasteiger partial charge in [0, 0.05) is 19.1 Å². The van der Waals surface area contributed by atoms with Crippen molar-refractivity contribution in [2.24, 2.45) is 5.92 Å². The summed E-state index contributed by atoms with van der Waals surface area (Å²) in [6.07, 6.45) is 4.13. The Labute approximate surface area is 127 Å². The number of alkyl halides is 1. The summed E-state index contributed by atoms with van der Waals surface area (Å²) >= 11 is 2.45. The quantitative estimate of drug-likeness (QED) is 0.646. The predicted octanol–water partition coefficient (Wildman–Crippen LogP) is 1.70. The van der Waals surface area contributed by atoms with Gasteiger partial charge in [-0.2, -0.15) is 0 Å². The highest BCUT2D eigenvalue weighted by Gasteiger charge is 2.40. The Balaban J connectivity index is 1.71. The molecule has 1 aliphatic carbocycles. The zero-order valence-electron chi connectivity index (χ0n) is 11.4. The summed E-state index contributed by atoms with van der Waals surface area (Å²) in [6, 6.07) is 0.637. The average molecular weight is 373 g/mol. The van der Waals surface area contributed by atoms with Crippen molar-refractivity contribution in [3.05, 3.63) is 11.9 Å². The molecule has 1 atom stereocenters. The molecular weight excluding hydrogens is 353 g/mol. The average Bonchev–Trinajstić information content (AvgIpc) is 2.62. The normalized spacial score (nSPS) is 29.5. The molecule has 1 aromatic rings. The van der Waals surface area contributed by atoms with Crippen LogP contribution in [-0.4, -0.2) is 48.1 Å². The summed E-state index contributed by atoms with van der Waals surface area (Å²) in [5.41, 5.74) is 7.13.